The van der Waals surface area contributed by atoms with Crippen molar-refractivity contribution in [3.63, 3.8) is 0 Å². The molecule has 0 saturated heterocycles. The van der Waals surface area contributed by atoms with Crippen LogP contribution in [-0.4, -0.2) is 16.7 Å². The maximum Gasteiger partial charge on any atom is 0.335 e. The number of hydrogen-bond acceptors (Lipinski definition) is 3. The summed E-state index contributed by atoms with van der Waals surface area (Å²) in [5, 5.41) is 0.0188. The van der Waals surface area contributed by atoms with Crippen molar-refractivity contribution in [2.24, 2.45) is 0 Å². The molecule has 0 N–H and O–H groups in total. The second kappa shape index (κ2) is 4.76. The first kappa shape index (κ1) is 14.8. The zero-order chi connectivity index (χ0) is 13.4. The van der Waals surface area contributed by atoms with Crippen molar-refractivity contribution >= 4 is 41.7 Å². The molecule has 0 aliphatic carbocycles. The smallest absolute Gasteiger partial charge is 0.335 e. The summed E-state index contributed by atoms with van der Waals surface area (Å²) < 4.78 is 40.6. The van der Waals surface area contributed by atoms with Crippen LogP contribution in [0, 0.1) is 0 Å². The van der Waals surface area contributed by atoms with E-state index in [1.54, 1.807) is 0 Å². The molecule has 96 valence electrons. The first-order chi connectivity index (χ1) is 7.50. The SMILES string of the molecule is C[Si](C)(C)Oc1c(Cl)cc(Cl)cc1S(=O)(=O)F. The van der Waals surface area contributed by atoms with Crippen molar-refractivity contribution in [2.75, 3.05) is 0 Å². The minimum Gasteiger partial charge on any atom is -0.542 e. The molecule has 1 aromatic carbocycles. The van der Waals surface area contributed by atoms with Gasteiger partial charge in [0.15, 0.2) is 0 Å². The van der Waals surface area contributed by atoms with E-state index in [4.69, 9.17) is 27.6 Å². The van der Waals surface area contributed by atoms with E-state index >= 15 is 0 Å². The summed E-state index contributed by atoms with van der Waals surface area (Å²) in [6.45, 7) is 5.48. The van der Waals surface area contributed by atoms with Crippen molar-refractivity contribution in [1.29, 1.82) is 0 Å². The molecule has 0 amide bonds. The highest BCUT2D eigenvalue weighted by molar-refractivity contribution is 7.86. The fourth-order valence-corrected chi connectivity index (χ4v) is 3.39. The normalized spacial score (nSPS) is 12.6. The molecule has 0 unspecified atom stereocenters. The lowest BCUT2D eigenvalue weighted by molar-refractivity contribution is 0.521. The molecule has 0 saturated carbocycles. The molecule has 0 spiro atoms. The van der Waals surface area contributed by atoms with Crippen LogP contribution in [0.1, 0.15) is 0 Å². The molecule has 3 nitrogen and oxygen atoms in total. The van der Waals surface area contributed by atoms with E-state index in [2.05, 4.69) is 0 Å². The number of halogens is 3. The van der Waals surface area contributed by atoms with Gasteiger partial charge in [0, 0.05) is 5.02 Å². The fraction of sp³-hybridized carbons (Fsp3) is 0.333. The van der Waals surface area contributed by atoms with Gasteiger partial charge in [-0.3, -0.25) is 0 Å². The molecule has 0 radical (unpaired) electrons. The highest BCUT2D eigenvalue weighted by Gasteiger charge is 2.26. The predicted molar refractivity (Wildman–Crippen MR) is 68.7 cm³/mol. The molecule has 0 heterocycles. The Morgan fingerprint density at radius 1 is 1.24 bits per heavy atom. The lowest BCUT2D eigenvalue weighted by Crippen LogP contribution is -2.30. The number of hydrogen-bond donors (Lipinski definition) is 0. The van der Waals surface area contributed by atoms with Crippen LogP contribution in [0.3, 0.4) is 0 Å². The molecule has 1 rings (SSSR count). The predicted octanol–water partition coefficient (Wildman–Crippen LogP) is 3.87. The molecular formula is C9H11Cl2FO3SSi. The van der Waals surface area contributed by atoms with Crippen LogP contribution in [0.4, 0.5) is 3.89 Å². The molecule has 0 aliphatic rings. The zero-order valence-electron chi connectivity index (χ0n) is 9.42. The van der Waals surface area contributed by atoms with Gasteiger partial charge in [-0.2, -0.15) is 8.42 Å². The van der Waals surface area contributed by atoms with Crippen molar-refractivity contribution in [3.05, 3.63) is 22.2 Å². The average molecular weight is 317 g/mol. The first-order valence-corrected chi connectivity index (χ1v) is 10.2. The summed E-state index contributed by atoms with van der Waals surface area (Å²) in [6, 6.07) is 2.30. The second-order valence-electron chi connectivity index (χ2n) is 4.37. The van der Waals surface area contributed by atoms with Gasteiger partial charge >= 0.3 is 10.2 Å². The molecule has 0 aliphatic heterocycles. The van der Waals surface area contributed by atoms with E-state index in [-0.39, 0.29) is 15.8 Å². The van der Waals surface area contributed by atoms with E-state index in [9.17, 15) is 12.3 Å². The van der Waals surface area contributed by atoms with E-state index in [0.29, 0.717) is 0 Å². The van der Waals surface area contributed by atoms with E-state index in [0.717, 1.165) is 6.07 Å². The van der Waals surface area contributed by atoms with E-state index < -0.39 is 23.4 Å². The minimum atomic E-state index is -4.92. The summed E-state index contributed by atoms with van der Waals surface area (Å²) in [5.74, 6) is -0.169. The maximum absolute atomic E-state index is 13.1. The Labute approximate surface area is 111 Å². The summed E-state index contributed by atoms with van der Waals surface area (Å²) in [6.07, 6.45) is 0. The van der Waals surface area contributed by atoms with Crippen LogP contribution >= 0.6 is 23.2 Å². The van der Waals surface area contributed by atoms with Gasteiger partial charge in [0.1, 0.15) is 10.6 Å². The molecule has 17 heavy (non-hydrogen) atoms. The van der Waals surface area contributed by atoms with Gasteiger partial charge in [0.05, 0.1) is 5.02 Å². The summed E-state index contributed by atoms with van der Waals surface area (Å²) in [4.78, 5) is -0.627. The zero-order valence-corrected chi connectivity index (χ0v) is 12.7. The summed E-state index contributed by atoms with van der Waals surface area (Å²) in [7, 11) is -7.04. The van der Waals surface area contributed by atoms with Crippen LogP contribution in [0.5, 0.6) is 5.75 Å². The van der Waals surface area contributed by atoms with Gasteiger partial charge in [-0.05, 0) is 31.8 Å². The highest BCUT2D eigenvalue weighted by Crippen LogP contribution is 2.37. The van der Waals surface area contributed by atoms with Gasteiger partial charge in [-0.25, -0.2) is 0 Å². The van der Waals surface area contributed by atoms with Crippen LogP contribution in [0.25, 0.3) is 0 Å². The molecule has 0 atom stereocenters. The lowest BCUT2D eigenvalue weighted by Gasteiger charge is -2.21. The second-order valence-corrected chi connectivity index (χ2v) is 11.0. The minimum absolute atomic E-state index is 0.0175. The van der Waals surface area contributed by atoms with Crippen molar-refractivity contribution in [3.8, 4) is 5.75 Å². The Kier molecular flexibility index (Phi) is 4.13. The van der Waals surface area contributed by atoms with Crippen molar-refractivity contribution < 1.29 is 16.7 Å². The monoisotopic (exact) mass is 316 g/mol. The number of rotatable bonds is 3. The molecular weight excluding hydrogens is 306 g/mol. The molecule has 1 aromatic rings. The Bertz CT molecular complexity index is 540. The molecule has 8 heteroatoms. The maximum atomic E-state index is 13.1. The average Bonchev–Trinajstić information content (AvgIpc) is 2.05. The molecule has 0 aromatic heterocycles. The summed E-state index contributed by atoms with van der Waals surface area (Å²) in [5.41, 5.74) is 0. The fourth-order valence-electron chi connectivity index (χ4n) is 1.12. The quantitative estimate of drug-likeness (QED) is 0.628. The van der Waals surface area contributed by atoms with Gasteiger partial charge in [0.25, 0.3) is 0 Å². The third-order valence-corrected chi connectivity index (χ3v) is 3.79. The molecule has 0 bridgehead atoms. The van der Waals surface area contributed by atoms with Crippen molar-refractivity contribution in [1.82, 2.24) is 0 Å². The van der Waals surface area contributed by atoms with Crippen molar-refractivity contribution in [2.45, 2.75) is 24.5 Å². The Balaban J connectivity index is 3.47. The van der Waals surface area contributed by atoms with Gasteiger partial charge in [0.2, 0.25) is 8.32 Å². The topological polar surface area (TPSA) is 43.4 Å². The van der Waals surface area contributed by atoms with E-state index in [1.165, 1.54) is 6.07 Å². The van der Waals surface area contributed by atoms with Gasteiger partial charge < -0.3 is 4.43 Å². The van der Waals surface area contributed by atoms with Gasteiger partial charge in [-0.1, -0.05) is 23.2 Å². The van der Waals surface area contributed by atoms with Gasteiger partial charge in [-0.15, -0.1) is 3.89 Å². The third-order valence-electron chi connectivity index (χ3n) is 1.65. The standard InChI is InChI=1S/C9H11Cl2FO3SSi/c1-17(2,3)15-9-7(11)4-6(10)5-8(9)16(12,13)14/h4-5H,1-3H3. The molecule has 0 fully saturated rings. The lowest BCUT2D eigenvalue weighted by atomic mass is 10.3. The Hall–Kier alpha value is -0.303. The largest absolute Gasteiger partial charge is 0.542 e. The Morgan fingerprint density at radius 3 is 2.18 bits per heavy atom. The van der Waals surface area contributed by atoms with Crippen LogP contribution in [-0.2, 0) is 10.2 Å². The third kappa shape index (κ3) is 4.13. The van der Waals surface area contributed by atoms with E-state index in [1.807, 2.05) is 19.6 Å². The number of benzene rings is 1. The first-order valence-electron chi connectivity index (χ1n) is 4.63. The van der Waals surface area contributed by atoms with Crippen LogP contribution < -0.4 is 4.43 Å². The highest BCUT2D eigenvalue weighted by atomic mass is 35.5. The summed E-state index contributed by atoms with van der Waals surface area (Å²) >= 11 is 11.5. The van der Waals surface area contributed by atoms with Crippen LogP contribution in [0.2, 0.25) is 29.7 Å². The Morgan fingerprint density at radius 2 is 1.76 bits per heavy atom. The van der Waals surface area contributed by atoms with Crippen LogP contribution in [0.15, 0.2) is 17.0 Å².